The molecule has 0 spiro atoms. The maximum Gasteiger partial charge on any atom is 0.144 e. The monoisotopic (exact) mass is 385 g/mol. The van der Waals surface area contributed by atoms with Crippen molar-refractivity contribution in [2.75, 3.05) is 7.11 Å². The molecule has 8 nitrogen and oxygen atoms in total. The van der Waals surface area contributed by atoms with Crippen LogP contribution in [0.2, 0.25) is 0 Å². The van der Waals surface area contributed by atoms with Crippen LogP contribution < -0.4 is 4.74 Å². The molecule has 0 atom stereocenters. The van der Waals surface area contributed by atoms with Crippen molar-refractivity contribution >= 4 is 11.0 Å². The molecule has 0 fully saturated rings. The van der Waals surface area contributed by atoms with E-state index in [0.717, 1.165) is 39.4 Å². The summed E-state index contributed by atoms with van der Waals surface area (Å²) in [6.07, 6.45) is 7.44. The number of benzene rings is 2. The van der Waals surface area contributed by atoms with Gasteiger partial charge in [-0.2, -0.15) is 5.10 Å². The number of hydrogen-bond acceptors (Lipinski definition) is 5. The lowest BCUT2D eigenvalue weighted by Gasteiger charge is -2.13. The minimum Gasteiger partial charge on any atom is -0.496 e. The number of rotatable bonds is 5. The Morgan fingerprint density at radius 2 is 1.97 bits per heavy atom. The Balaban J connectivity index is 1.62. The van der Waals surface area contributed by atoms with E-state index in [9.17, 15) is 0 Å². The van der Waals surface area contributed by atoms with E-state index in [0.29, 0.717) is 6.54 Å². The number of hydrogen-bond donors (Lipinski definition) is 0. The molecule has 0 unspecified atom stereocenters. The first-order chi connectivity index (χ1) is 14.2. The van der Waals surface area contributed by atoms with Gasteiger partial charge in [-0.3, -0.25) is 9.25 Å². The second-order valence-electron chi connectivity index (χ2n) is 6.71. The van der Waals surface area contributed by atoms with E-state index in [1.807, 2.05) is 65.1 Å². The molecule has 3 aromatic heterocycles. The van der Waals surface area contributed by atoms with Gasteiger partial charge in [-0.1, -0.05) is 11.3 Å². The van der Waals surface area contributed by atoms with Crippen molar-refractivity contribution in [1.29, 1.82) is 0 Å². The molecule has 0 saturated heterocycles. The highest BCUT2D eigenvalue weighted by atomic mass is 16.5. The van der Waals surface area contributed by atoms with Crippen molar-refractivity contribution in [3.63, 3.8) is 0 Å². The van der Waals surface area contributed by atoms with Gasteiger partial charge in [0, 0.05) is 43.0 Å². The van der Waals surface area contributed by atoms with E-state index in [1.54, 1.807) is 24.2 Å². The number of fused-ring (bicyclic) bond motifs is 1. The molecule has 5 aromatic rings. The SMILES string of the molecule is COc1ccc(-c2nccn2-c2cccc3c2nnn3C)cc1Cn1cccn1. The van der Waals surface area contributed by atoms with Crippen molar-refractivity contribution < 1.29 is 4.74 Å². The van der Waals surface area contributed by atoms with Gasteiger partial charge in [0.05, 0.1) is 24.9 Å². The van der Waals surface area contributed by atoms with Crippen LogP contribution in [0.1, 0.15) is 5.56 Å². The van der Waals surface area contributed by atoms with Crippen LogP contribution in [-0.2, 0) is 13.6 Å². The van der Waals surface area contributed by atoms with Gasteiger partial charge in [0.1, 0.15) is 17.1 Å². The summed E-state index contributed by atoms with van der Waals surface area (Å²) in [5.74, 6) is 1.64. The van der Waals surface area contributed by atoms with Crippen molar-refractivity contribution in [3.8, 4) is 22.8 Å². The van der Waals surface area contributed by atoms with E-state index in [-0.39, 0.29) is 0 Å². The van der Waals surface area contributed by atoms with Crippen molar-refractivity contribution in [2.24, 2.45) is 7.05 Å². The summed E-state index contributed by atoms with van der Waals surface area (Å²) in [4.78, 5) is 4.61. The quantitative estimate of drug-likeness (QED) is 0.465. The summed E-state index contributed by atoms with van der Waals surface area (Å²) in [7, 11) is 3.57. The van der Waals surface area contributed by atoms with Gasteiger partial charge < -0.3 is 4.74 Å². The molecule has 0 N–H and O–H groups in total. The number of nitrogens with zero attached hydrogens (tertiary/aromatic N) is 7. The summed E-state index contributed by atoms with van der Waals surface area (Å²) in [5.41, 5.74) is 4.75. The smallest absolute Gasteiger partial charge is 0.144 e. The van der Waals surface area contributed by atoms with Gasteiger partial charge >= 0.3 is 0 Å². The number of aromatic nitrogens is 7. The Kier molecular flexibility index (Phi) is 4.09. The van der Waals surface area contributed by atoms with Crippen LogP contribution in [0.4, 0.5) is 0 Å². The fourth-order valence-electron chi connectivity index (χ4n) is 3.56. The molecule has 0 amide bonds. The predicted octanol–water partition coefficient (Wildman–Crippen LogP) is 3.07. The minimum atomic E-state index is 0.616. The molecule has 0 aliphatic rings. The van der Waals surface area contributed by atoms with Crippen LogP contribution in [0.15, 0.2) is 67.3 Å². The summed E-state index contributed by atoms with van der Waals surface area (Å²) >= 11 is 0. The fourth-order valence-corrected chi connectivity index (χ4v) is 3.56. The molecule has 5 rings (SSSR count). The molecule has 0 saturated carbocycles. The Bertz CT molecular complexity index is 1280. The molecule has 8 heteroatoms. The van der Waals surface area contributed by atoms with E-state index in [4.69, 9.17) is 4.74 Å². The molecule has 2 aromatic carbocycles. The summed E-state index contributed by atoms with van der Waals surface area (Å²) in [6, 6.07) is 14.0. The molecule has 29 heavy (non-hydrogen) atoms. The Morgan fingerprint density at radius 3 is 2.79 bits per heavy atom. The molecular formula is C21H19N7O. The highest BCUT2D eigenvalue weighted by Gasteiger charge is 2.15. The molecule has 0 bridgehead atoms. The Hall–Kier alpha value is -3.94. The van der Waals surface area contributed by atoms with Crippen molar-refractivity contribution in [1.82, 2.24) is 34.3 Å². The second kappa shape index (κ2) is 6.90. The standard InChI is InChI=1S/C21H19N7O/c1-26-17-5-3-6-18(20(17)24-25-26)28-12-10-22-21(28)15-7-8-19(29-2)16(13-15)14-27-11-4-9-23-27/h3-13H,14H2,1-2H3. The van der Waals surface area contributed by atoms with Gasteiger partial charge in [-0.05, 0) is 36.4 Å². The maximum absolute atomic E-state index is 5.55. The second-order valence-corrected chi connectivity index (χ2v) is 6.71. The first-order valence-electron chi connectivity index (χ1n) is 9.21. The number of imidazole rings is 1. The molecular weight excluding hydrogens is 366 g/mol. The van der Waals surface area contributed by atoms with Crippen LogP contribution in [0.3, 0.4) is 0 Å². The topological polar surface area (TPSA) is 75.6 Å². The summed E-state index contributed by atoms with van der Waals surface area (Å²) < 4.78 is 11.2. The Morgan fingerprint density at radius 1 is 1.03 bits per heavy atom. The third-order valence-corrected chi connectivity index (χ3v) is 4.95. The van der Waals surface area contributed by atoms with E-state index < -0.39 is 0 Å². The van der Waals surface area contributed by atoms with Crippen LogP contribution in [0.25, 0.3) is 28.1 Å². The van der Waals surface area contributed by atoms with Gasteiger partial charge in [-0.25, -0.2) is 9.67 Å². The zero-order chi connectivity index (χ0) is 19.8. The normalized spacial score (nSPS) is 11.2. The molecule has 3 heterocycles. The molecule has 144 valence electrons. The average molecular weight is 385 g/mol. The zero-order valence-corrected chi connectivity index (χ0v) is 16.1. The van der Waals surface area contributed by atoms with Crippen LogP contribution in [-0.4, -0.2) is 41.4 Å². The zero-order valence-electron chi connectivity index (χ0n) is 16.1. The largest absolute Gasteiger partial charge is 0.496 e. The third-order valence-electron chi connectivity index (χ3n) is 4.95. The third kappa shape index (κ3) is 2.94. The first-order valence-corrected chi connectivity index (χ1v) is 9.21. The van der Waals surface area contributed by atoms with Crippen LogP contribution in [0.5, 0.6) is 5.75 Å². The van der Waals surface area contributed by atoms with Gasteiger partial charge in [0.15, 0.2) is 0 Å². The lowest BCUT2D eigenvalue weighted by atomic mass is 10.1. The maximum atomic E-state index is 5.55. The highest BCUT2D eigenvalue weighted by molar-refractivity contribution is 5.84. The molecule has 0 aliphatic carbocycles. The van der Waals surface area contributed by atoms with Crippen molar-refractivity contribution in [2.45, 2.75) is 6.54 Å². The number of ether oxygens (including phenoxy) is 1. The van der Waals surface area contributed by atoms with E-state index >= 15 is 0 Å². The van der Waals surface area contributed by atoms with E-state index in [1.165, 1.54) is 0 Å². The van der Waals surface area contributed by atoms with Crippen LogP contribution in [0, 0.1) is 0 Å². The number of aryl methyl sites for hydroxylation is 1. The Labute approximate surface area is 167 Å². The number of methoxy groups -OCH3 is 1. The van der Waals surface area contributed by atoms with Gasteiger partial charge in [0.2, 0.25) is 0 Å². The lowest BCUT2D eigenvalue weighted by molar-refractivity contribution is 0.407. The van der Waals surface area contributed by atoms with Gasteiger partial charge in [-0.15, -0.1) is 5.10 Å². The van der Waals surface area contributed by atoms with Crippen molar-refractivity contribution in [3.05, 3.63) is 72.8 Å². The molecule has 0 aliphatic heterocycles. The summed E-state index contributed by atoms with van der Waals surface area (Å²) in [5, 5.41) is 12.8. The molecule has 0 radical (unpaired) electrons. The predicted molar refractivity (Wildman–Crippen MR) is 109 cm³/mol. The van der Waals surface area contributed by atoms with E-state index in [2.05, 4.69) is 26.5 Å². The fraction of sp³-hybridized carbons (Fsp3) is 0.143. The lowest BCUT2D eigenvalue weighted by Crippen LogP contribution is -2.03. The highest BCUT2D eigenvalue weighted by Crippen LogP contribution is 2.29. The average Bonchev–Trinajstić information content (AvgIpc) is 3.49. The minimum absolute atomic E-state index is 0.616. The van der Waals surface area contributed by atoms with Gasteiger partial charge in [0.25, 0.3) is 0 Å². The van der Waals surface area contributed by atoms with Crippen LogP contribution >= 0.6 is 0 Å². The summed E-state index contributed by atoms with van der Waals surface area (Å²) in [6.45, 7) is 0.616. The first kappa shape index (κ1) is 17.2.